The smallest absolute Gasteiger partial charge is 0.253 e. The van der Waals surface area contributed by atoms with Crippen molar-refractivity contribution < 1.29 is 13.2 Å². The number of aromatic nitrogens is 1. The molecule has 7 nitrogen and oxygen atoms in total. The SMILES string of the molecule is CS(=O)(=O)N1CCC(Cc2ccc(C(=O)N3CCN(c4ccccn4)CC3)cc2)CC1. The molecule has 0 unspecified atom stereocenters. The summed E-state index contributed by atoms with van der Waals surface area (Å²) in [5.41, 5.74) is 1.93. The lowest BCUT2D eigenvalue weighted by molar-refractivity contribution is 0.0746. The number of piperazine rings is 1. The summed E-state index contributed by atoms with van der Waals surface area (Å²) in [5.74, 6) is 1.52. The summed E-state index contributed by atoms with van der Waals surface area (Å²) in [7, 11) is -3.08. The second-order valence-corrected chi connectivity index (χ2v) is 10.5. The first-order chi connectivity index (χ1) is 14.9. The maximum absolute atomic E-state index is 12.9. The Hall–Kier alpha value is -2.45. The van der Waals surface area contributed by atoms with Crippen LogP contribution in [0.1, 0.15) is 28.8 Å². The zero-order chi connectivity index (χ0) is 21.8. The number of nitrogens with zero attached hydrogens (tertiary/aromatic N) is 4. The van der Waals surface area contributed by atoms with Crippen LogP contribution in [0.3, 0.4) is 0 Å². The topological polar surface area (TPSA) is 73.8 Å². The second kappa shape index (κ2) is 9.36. The van der Waals surface area contributed by atoms with Crippen LogP contribution in [0.4, 0.5) is 5.82 Å². The number of benzene rings is 1. The highest BCUT2D eigenvalue weighted by atomic mass is 32.2. The first kappa shape index (κ1) is 21.8. The van der Waals surface area contributed by atoms with Crippen molar-refractivity contribution in [2.75, 3.05) is 50.4 Å². The minimum atomic E-state index is -3.08. The van der Waals surface area contributed by atoms with Crippen LogP contribution in [0.15, 0.2) is 48.7 Å². The maximum Gasteiger partial charge on any atom is 0.253 e. The molecule has 0 atom stereocenters. The second-order valence-electron chi connectivity index (χ2n) is 8.47. The molecule has 31 heavy (non-hydrogen) atoms. The van der Waals surface area contributed by atoms with Gasteiger partial charge in [0.15, 0.2) is 0 Å². The van der Waals surface area contributed by atoms with Gasteiger partial charge in [-0.3, -0.25) is 4.79 Å². The molecule has 2 fully saturated rings. The first-order valence-electron chi connectivity index (χ1n) is 10.9. The number of sulfonamides is 1. The van der Waals surface area contributed by atoms with Crippen molar-refractivity contribution >= 4 is 21.7 Å². The van der Waals surface area contributed by atoms with Gasteiger partial charge in [0.05, 0.1) is 6.26 Å². The van der Waals surface area contributed by atoms with E-state index in [1.54, 1.807) is 10.5 Å². The zero-order valence-corrected chi connectivity index (χ0v) is 18.8. The van der Waals surface area contributed by atoms with Gasteiger partial charge in [0.2, 0.25) is 10.0 Å². The molecule has 166 valence electrons. The van der Waals surface area contributed by atoms with E-state index in [0.29, 0.717) is 32.1 Å². The molecule has 1 aromatic carbocycles. The van der Waals surface area contributed by atoms with Gasteiger partial charge in [0.25, 0.3) is 5.91 Å². The zero-order valence-electron chi connectivity index (χ0n) is 18.0. The van der Waals surface area contributed by atoms with Crippen LogP contribution in [0.25, 0.3) is 0 Å². The van der Waals surface area contributed by atoms with Gasteiger partial charge in [0.1, 0.15) is 5.82 Å². The van der Waals surface area contributed by atoms with E-state index in [2.05, 4.69) is 9.88 Å². The summed E-state index contributed by atoms with van der Waals surface area (Å²) in [6.07, 6.45) is 5.77. The highest BCUT2D eigenvalue weighted by molar-refractivity contribution is 7.88. The van der Waals surface area contributed by atoms with Crippen molar-refractivity contribution in [2.45, 2.75) is 19.3 Å². The highest BCUT2D eigenvalue weighted by Gasteiger charge is 2.25. The predicted molar refractivity (Wildman–Crippen MR) is 122 cm³/mol. The lowest BCUT2D eigenvalue weighted by Crippen LogP contribution is -2.49. The van der Waals surface area contributed by atoms with E-state index in [9.17, 15) is 13.2 Å². The van der Waals surface area contributed by atoms with E-state index >= 15 is 0 Å². The fourth-order valence-electron chi connectivity index (χ4n) is 4.42. The van der Waals surface area contributed by atoms with E-state index in [1.165, 1.54) is 11.8 Å². The Morgan fingerprint density at radius 3 is 2.23 bits per heavy atom. The van der Waals surface area contributed by atoms with E-state index < -0.39 is 10.0 Å². The molecule has 0 aliphatic carbocycles. The van der Waals surface area contributed by atoms with Gasteiger partial charge in [-0.1, -0.05) is 18.2 Å². The number of pyridine rings is 1. The van der Waals surface area contributed by atoms with Gasteiger partial charge in [-0.15, -0.1) is 0 Å². The maximum atomic E-state index is 12.9. The van der Waals surface area contributed by atoms with Crippen molar-refractivity contribution in [1.29, 1.82) is 0 Å². The quantitative estimate of drug-likeness (QED) is 0.710. The highest BCUT2D eigenvalue weighted by Crippen LogP contribution is 2.23. The Kier molecular flexibility index (Phi) is 6.57. The molecule has 2 aliphatic heterocycles. The standard InChI is InChI=1S/C23H30N4O3S/c1-31(29,30)27-12-9-20(10-13-27)18-19-5-7-21(8-6-19)23(28)26-16-14-25(15-17-26)22-4-2-3-11-24-22/h2-8,11,20H,9-10,12-18H2,1H3. The Morgan fingerprint density at radius 2 is 1.65 bits per heavy atom. The minimum absolute atomic E-state index is 0.0775. The van der Waals surface area contributed by atoms with Crippen molar-refractivity contribution in [2.24, 2.45) is 5.92 Å². The summed E-state index contributed by atoms with van der Waals surface area (Å²) in [6.45, 7) is 4.15. The molecule has 8 heteroatoms. The van der Waals surface area contributed by atoms with E-state index in [4.69, 9.17) is 0 Å². The van der Waals surface area contributed by atoms with Crippen LogP contribution in [0.5, 0.6) is 0 Å². The molecule has 1 amide bonds. The van der Waals surface area contributed by atoms with Gasteiger partial charge < -0.3 is 9.80 Å². The number of carbonyl (C=O) groups is 1. The van der Waals surface area contributed by atoms with Crippen LogP contribution in [-0.4, -0.2) is 74.0 Å². The fourth-order valence-corrected chi connectivity index (χ4v) is 5.30. The third-order valence-electron chi connectivity index (χ3n) is 6.31. The normalized spacial score (nSPS) is 18.9. The molecule has 0 radical (unpaired) electrons. The molecule has 0 spiro atoms. The van der Waals surface area contributed by atoms with Crippen molar-refractivity contribution in [3.63, 3.8) is 0 Å². The molecular weight excluding hydrogens is 412 g/mol. The monoisotopic (exact) mass is 442 g/mol. The number of rotatable bonds is 5. The summed E-state index contributed by atoms with van der Waals surface area (Å²) in [4.78, 5) is 21.4. The van der Waals surface area contributed by atoms with Gasteiger partial charge >= 0.3 is 0 Å². The van der Waals surface area contributed by atoms with E-state index in [-0.39, 0.29) is 5.91 Å². The summed E-state index contributed by atoms with van der Waals surface area (Å²) in [6, 6.07) is 13.8. The summed E-state index contributed by atoms with van der Waals surface area (Å²) >= 11 is 0. The molecule has 4 rings (SSSR count). The molecule has 3 heterocycles. The van der Waals surface area contributed by atoms with Crippen LogP contribution in [0.2, 0.25) is 0 Å². The lowest BCUT2D eigenvalue weighted by Gasteiger charge is -2.35. The van der Waals surface area contributed by atoms with Gasteiger partial charge in [-0.05, 0) is 55.0 Å². The number of anilines is 1. The fraction of sp³-hybridized carbons (Fsp3) is 0.478. The molecule has 0 saturated carbocycles. The number of hydrogen-bond acceptors (Lipinski definition) is 5. The van der Waals surface area contributed by atoms with Gasteiger partial charge in [-0.25, -0.2) is 17.7 Å². The first-order valence-corrected chi connectivity index (χ1v) is 12.7. The van der Waals surface area contributed by atoms with Crippen LogP contribution in [0, 0.1) is 5.92 Å². The molecule has 2 aliphatic rings. The van der Waals surface area contributed by atoms with E-state index in [1.807, 2.05) is 47.4 Å². The molecule has 2 saturated heterocycles. The Balaban J connectivity index is 1.28. The number of amides is 1. The molecule has 0 bridgehead atoms. The Bertz CT molecular complexity index is 979. The summed E-state index contributed by atoms with van der Waals surface area (Å²) < 4.78 is 24.9. The van der Waals surface area contributed by atoms with Crippen LogP contribution >= 0.6 is 0 Å². The van der Waals surface area contributed by atoms with Gasteiger partial charge in [-0.2, -0.15) is 0 Å². The van der Waals surface area contributed by atoms with Gasteiger partial charge in [0, 0.05) is 51.0 Å². The number of carbonyl (C=O) groups excluding carboxylic acids is 1. The minimum Gasteiger partial charge on any atom is -0.353 e. The largest absolute Gasteiger partial charge is 0.353 e. The molecule has 2 aromatic rings. The average molecular weight is 443 g/mol. The average Bonchev–Trinajstić information content (AvgIpc) is 2.80. The summed E-state index contributed by atoms with van der Waals surface area (Å²) in [5, 5.41) is 0. The third kappa shape index (κ3) is 5.43. The molecule has 1 aromatic heterocycles. The van der Waals surface area contributed by atoms with Crippen molar-refractivity contribution in [1.82, 2.24) is 14.2 Å². The number of piperidine rings is 1. The lowest BCUT2D eigenvalue weighted by atomic mass is 9.90. The number of hydrogen-bond donors (Lipinski definition) is 0. The van der Waals surface area contributed by atoms with Crippen LogP contribution in [-0.2, 0) is 16.4 Å². The Labute approximate surface area is 184 Å². The molecule has 0 N–H and O–H groups in total. The Morgan fingerprint density at radius 1 is 0.968 bits per heavy atom. The van der Waals surface area contributed by atoms with Crippen molar-refractivity contribution in [3.8, 4) is 0 Å². The predicted octanol–water partition coefficient (Wildman–Crippen LogP) is 2.26. The van der Waals surface area contributed by atoms with E-state index in [0.717, 1.165) is 43.7 Å². The van der Waals surface area contributed by atoms with Crippen molar-refractivity contribution in [3.05, 3.63) is 59.8 Å². The third-order valence-corrected chi connectivity index (χ3v) is 7.61. The molecular formula is C23H30N4O3S. The van der Waals surface area contributed by atoms with Crippen LogP contribution < -0.4 is 4.90 Å².